The number of alkyl halides is 4. The van der Waals surface area contributed by atoms with Crippen molar-refractivity contribution >= 4 is 0 Å². The first-order chi connectivity index (χ1) is 13.3. The zero-order valence-electron chi connectivity index (χ0n) is 17.5. The molecule has 2 fully saturated rings. The highest BCUT2D eigenvalue weighted by Gasteiger charge is 2.63. The first-order valence-electron chi connectivity index (χ1n) is 11.5. The van der Waals surface area contributed by atoms with Gasteiger partial charge < -0.3 is 0 Å². The predicted molar refractivity (Wildman–Crippen MR) is 107 cm³/mol. The third-order valence-corrected chi connectivity index (χ3v) is 7.53. The minimum absolute atomic E-state index is 0.309. The average molecular weight is 401 g/mol. The predicted octanol–water partition coefficient (Wildman–Crippen LogP) is 8.34. The van der Waals surface area contributed by atoms with Gasteiger partial charge in [0.05, 0.1) is 0 Å². The van der Waals surface area contributed by atoms with E-state index < -0.39 is 23.7 Å². The first-order valence-corrected chi connectivity index (χ1v) is 11.5. The maximum absolute atomic E-state index is 15.0. The molecular weight excluding hydrogens is 364 g/mol. The molecule has 0 atom stereocenters. The lowest BCUT2D eigenvalue weighted by Crippen LogP contribution is -2.49. The van der Waals surface area contributed by atoms with E-state index in [1.54, 1.807) is 0 Å². The molecule has 0 radical (unpaired) electrons. The van der Waals surface area contributed by atoms with Gasteiger partial charge in [-0.25, -0.2) is 0 Å². The Morgan fingerprint density at radius 2 is 0.964 bits per heavy atom. The van der Waals surface area contributed by atoms with E-state index >= 15 is 17.6 Å². The molecule has 0 spiro atoms. The van der Waals surface area contributed by atoms with Gasteiger partial charge in [-0.1, -0.05) is 51.7 Å². The molecule has 0 heterocycles. The summed E-state index contributed by atoms with van der Waals surface area (Å²) in [7, 11) is 0. The molecule has 0 aromatic heterocycles. The summed E-state index contributed by atoms with van der Waals surface area (Å²) in [6.07, 6.45) is 13.2. The van der Waals surface area contributed by atoms with Crippen LogP contribution in [0.25, 0.3) is 0 Å². The maximum Gasteiger partial charge on any atom is 0.336 e. The molecule has 3 aliphatic rings. The fourth-order valence-electron chi connectivity index (χ4n) is 5.88. The molecule has 0 aromatic carbocycles. The van der Waals surface area contributed by atoms with Gasteiger partial charge in [0.25, 0.3) is 0 Å². The first kappa shape index (κ1) is 21.9. The lowest BCUT2D eigenvalue weighted by Gasteiger charge is -2.41. The van der Waals surface area contributed by atoms with E-state index in [1.165, 1.54) is 12.2 Å². The molecule has 0 amide bonds. The second kappa shape index (κ2) is 8.92. The summed E-state index contributed by atoms with van der Waals surface area (Å²) in [5.41, 5.74) is -0.619. The smallest absolute Gasteiger partial charge is 0.194 e. The Kier molecular flexibility index (Phi) is 6.97. The summed E-state index contributed by atoms with van der Waals surface area (Å²) in [6.45, 7) is 4.26. The summed E-state index contributed by atoms with van der Waals surface area (Å²) in [4.78, 5) is 0. The van der Waals surface area contributed by atoms with Crippen molar-refractivity contribution < 1.29 is 17.6 Å². The van der Waals surface area contributed by atoms with Gasteiger partial charge >= 0.3 is 11.8 Å². The van der Waals surface area contributed by atoms with Crippen LogP contribution in [0.4, 0.5) is 17.6 Å². The highest BCUT2D eigenvalue weighted by atomic mass is 19.3. The summed E-state index contributed by atoms with van der Waals surface area (Å²) < 4.78 is 60.1. The fourth-order valence-corrected chi connectivity index (χ4v) is 5.88. The van der Waals surface area contributed by atoms with E-state index in [4.69, 9.17) is 0 Å². The molecule has 3 aliphatic carbocycles. The SMILES string of the molecule is CCCC1CCC(C2=CC=C(C3CCC(CCC)CC3)C(F)(F)C2(F)F)CC1. The van der Waals surface area contributed by atoms with Crippen molar-refractivity contribution in [2.24, 2.45) is 23.7 Å². The third kappa shape index (κ3) is 4.21. The number of rotatable bonds is 6. The molecule has 0 aliphatic heterocycles. The van der Waals surface area contributed by atoms with E-state index in [0.29, 0.717) is 37.5 Å². The van der Waals surface area contributed by atoms with Crippen molar-refractivity contribution in [3.05, 3.63) is 23.3 Å². The fraction of sp³-hybridized carbons (Fsp3) is 0.833. The van der Waals surface area contributed by atoms with Crippen LogP contribution in [0.3, 0.4) is 0 Å². The molecular formula is C24H36F4. The van der Waals surface area contributed by atoms with Crippen LogP contribution in [-0.2, 0) is 0 Å². The third-order valence-electron chi connectivity index (χ3n) is 7.53. The Morgan fingerprint density at radius 1 is 0.643 bits per heavy atom. The maximum atomic E-state index is 15.0. The number of hydrogen-bond acceptors (Lipinski definition) is 0. The van der Waals surface area contributed by atoms with Crippen LogP contribution in [0.15, 0.2) is 23.3 Å². The highest BCUT2D eigenvalue weighted by Crippen LogP contribution is 2.55. The van der Waals surface area contributed by atoms with E-state index in [0.717, 1.165) is 51.4 Å². The van der Waals surface area contributed by atoms with Crippen molar-refractivity contribution in [3.63, 3.8) is 0 Å². The van der Waals surface area contributed by atoms with Gasteiger partial charge in [0, 0.05) is 11.1 Å². The van der Waals surface area contributed by atoms with Gasteiger partial charge in [-0.2, -0.15) is 17.6 Å². The van der Waals surface area contributed by atoms with Crippen LogP contribution >= 0.6 is 0 Å². The number of allylic oxidation sites excluding steroid dienone is 4. The molecule has 4 heteroatoms. The summed E-state index contributed by atoms with van der Waals surface area (Å²) in [5, 5.41) is 0. The second-order valence-corrected chi connectivity index (χ2v) is 9.41. The van der Waals surface area contributed by atoms with Crippen molar-refractivity contribution in [2.45, 2.75) is 103 Å². The summed E-state index contributed by atoms with van der Waals surface area (Å²) in [6, 6.07) is 0. The van der Waals surface area contributed by atoms with Crippen LogP contribution in [0, 0.1) is 23.7 Å². The largest absolute Gasteiger partial charge is 0.336 e. The van der Waals surface area contributed by atoms with Gasteiger partial charge in [-0.15, -0.1) is 0 Å². The quantitative estimate of drug-likeness (QED) is 0.393. The molecule has 0 aromatic rings. The van der Waals surface area contributed by atoms with Crippen LogP contribution in [0.1, 0.15) is 90.9 Å². The number of hydrogen-bond donors (Lipinski definition) is 0. The molecule has 0 nitrogen and oxygen atoms in total. The standard InChI is InChI=1S/C24H36F4/c1-3-5-17-7-11-19(12-8-17)21-15-16-22(24(27,28)23(21,25)26)20-13-9-18(6-4-2)10-14-20/h15-20H,3-14H2,1-2H3. The van der Waals surface area contributed by atoms with E-state index in [-0.39, 0.29) is 11.1 Å². The molecule has 160 valence electrons. The summed E-state index contributed by atoms with van der Waals surface area (Å²) in [5.74, 6) is -7.73. The molecule has 0 bridgehead atoms. The Balaban J connectivity index is 1.74. The van der Waals surface area contributed by atoms with Crippen molar-refractivity contribution in [3.8, 4) is 0 Å². The molecule has 0 unspecified atom stereocenters. The lowest BCUT2D eigenvalue weighted by molar-refractivity contribution is -0.173. The molecule has 3 rings (SSSR count). The van der Waals surface area contributed by atoms with E-state index in [2.05, 4.69) is 13.8 Å². The van der Waals surface area contributed by atoms with Gasteiger partial charge in [-0.3, -0.25) is 0 Å². The average Bonchev–Trinajstić information content (AvgIpc) is 2.66. The van der Waals surface area contributed by atoms with Crippen molar-refractivity contribution in [1.82, 2.24) is 0 Å². The van der Waals surface area contributed by atoms with Crippen LogP contribution < -0.4 is 0 Å². The van der Waals surface area contributed by atoms with E-state index in [9.17, 15) is 0 Å². The highest BCUT2D eigenvalue weighted by molar-refractivity contribution is 5.40. The van der Waals surface area contributed by atoms with Crippen LogP contribution in [0.5, 0.6) is 0 Å². The van der Waals surface area contributed by atoms with Crippen molar-refractivity contribution in [2.75, 3.05) is 0 Å². The van der Waals surface area contributed by atoms with Gasteiger partial charge in [0.15, 0.2) is 0 Å². The van der Waals surface area contributed by atoms with E-state index in [1.807, 2.05) is 0 Å². The monoisotopic (exact) mass is 400 g/mol. The Morgan fingerprint density at radius 3 is 1.25 bits per heavy atom. The Labute approximate surface area is 167 Å². The minimum Gasteiger partial charge on any atom is -0.194 e. The van der Waals surface area contributed by atoms with Crippen molar-refractivity contribution in [1.29, 1.82) is 0 Å². The number of halogens is 4. The van der Waals surface area contributed by atoms with Crippen LogP contribution in [-0.4, -0.2) is 11.8 Å². The molecule has 0 N–H and O–H groups in total. The zero-order chi connectivity index (χ0) is 20.4. The molecule has 0 saturated heterocycles. The topological polar surface area (TPSA) is 0 Å². The minimum atomic E-state index is -4.04. The second-order valence-electron chi connectivity index (χ2n) is 9.41. The molecule has 28 heavy (non-hydrogen) atoms. The van der Waals surface area contributed by atoms with Crippen LogP contribution in [0.2, 0.25) is 0 Å². The van der Waals surface area contributed by atoms with Gasteiger partial charge in [0.1, 0.15) is 0 Å². The Hall–Kier alpha value is -0.800. The lowest BCUT2D eigenvalue weighted by atomic mass is 9.69. The summed E-state index contributed by atoms with van der Waals surface area (Å²) >= 11 is 0. The Bertz CT molecular complexity index is 521. The molecule has 2 saturated carbocycles. The van der Waals surface area contributed by atoms with Gasteiger partial charge in [0.2, 0.25) is 0 Å². The van der Waals surface area contributed by atoms with Gasteiger partial charge in [-0.05, 0) is 75.0 Å². The normalized spacial score (nSPS) is 35.2. The zero-order valence-corrected chi connectivity index (χ0v) is 17.5.